The van der Waals surface area contributed by atoms with Crippen molar-refractivity contribution in [2.24, 2.45) is 24.0 Å². The lowest BCUT2D eigenvalue weighted by Gasteiger charge is -1.97. The molecule has 1 aliphatic carbocycles. The molecule has 5 heteroatoms. The molecule has 0 saturated heterocycles. The molecule has 1 N–H and O–H groups in total. The SMILES string of the molecule is CC1CC1C(=O)N/N=c1\sc2ccccc2n1C. The normalized spacial score (nSPS) is 23.3. The third kappa shape index (κ3) is 1.95. The lowest BCUT2D eigenvalue weighted by molar-refractivity contribution is -0.122. The van der Waals surface area contributed by atoms with Crippen molar-refractivity contribution >= 4 is 27.5 Å². The largest absolute Gasteiger partial charge is 0.318 e. The van der Waals surface area contributed by atoms with Crippen molar-refractivity contribution in [2.45, 2.75) is 13.3 Å². The van der Waals surface area contributed by atoms with E-state index in [1.54, 1.807) is 11.3 Å². The van der Waals surface area contributed by atoms with Crippen molar-refractivity contribution in [1.29, 1.82) is 0 Å². The number of aromatic nitrogens is 1. The summed E-state index contributed by atoms with van der Waals surface area (Å²) < 4.78 is 3.17. The van der Waals surface area contributed by atoms with E-state index in [0.717, 1.165) is 16.7 Å². The lowest BCUT2D eigenvalue weighted by Crippen LogP contribution is -2.24. The predicted octanol–water partition coefficient (Wildman–Crippen LogP) is 1.83. The predicted molar refractivity (Wildman–Crippen MR) is 71.8 cm³/mol. The van der Waals surface area contributed by atoms with Crippen LogP contribution in [-0.2, 0) is 11.8 Å². The van der Waals surface area contributed by atoms with Crippen LogP contribution >= 0.6 is 11.3 Å². The summed E-state index contributed by atoms with van der Waals surface area (Å²) in [5.41, 5.74) is 3.80. The molecule has 0 radical (unpaired) electrons. The van der Waals surface area contributed by atoms with Crippen molar-refractivity contribution < 1.29 is 4.79 Å². The van der Waals surface area contributed by atoms with Crippen LogP contribution in [0.15, 0.2) is 29.4 Å². The minimum absolute atomic E-state index is 0.0416. The summed E-state index contributed by atoms with van der Waals surface area (Å²) in [5, 5.41) is 4.22. The van der Waals surface area contributed by atoms with Gasteiger partial charge in [0, 0.05) is 13.0 Å². The molecule has 2 unspecified atom stereocenters. The minimum atomic E-state index is 0.0416. The van der Waals surface area contributed by atoms with E-state index < -0.39 is 0 Å². The van der Waals surface area contributed by atoms with E-state index in [2.05, 4.69) is 29.6 Å². The Morgan fingerprint density at radius 3 is 2.89 bits per heavy atom. The maximum Gasteiger partial charge on any atom is 0.243 e. The number of hydrogen-bond acceptors (Lipinski definition) is 3. The number of hydrogen-bond donors (Lipinski definition) is 1. The molecule has 1 saturated carbocycles. The number of aryl methyl sites for hydroxylation is 1. The van der Waals surface area contributed by atoms with Crippen LogP contribution in [0.2, 0.25) is 0 Å². The third-order valence-corrected chi connectivity index (χ3v) is 4.54. The standard InChI is InChI=1S/C13H15N3OS/c1-8-7-9(8)12(17)14-15-13-16(2)10-5-3-4-6-11(10)18-13/h3-6,8-9H,7H2,1-2H3,(H,14,17)/b15-13-. The van der Waals surface area contributed by atoms with Gasteiger partial charge in [0.2, 0.25) is 10.7 Å². The fourth-order valence-corrected chi connectivity index (χ4v) is 3.04. The summed E-state index contributed by atoms with van der Waals surface area (Å²) in [7, 11) is 1.96. The number of thiazole rings is 1. The van der Waals surface area contributed by atoms with Crippen LogP contribution in [0.3, 0.4) is 0 Å². The van der Waals surface area contributed by atoms with Crippen molar-refractivity contribution in [1.82, 2.24) is 9.99 Å². The highest BCUT2D eigenvalue weighted by atomic mass is 32.1. The van der Waals surface area contributed by atoms with E-state index in [-0.39, 0.29) is 11.8 Å². The highest BCUT2D eigenvalue weighted by molar-refractivity contribution is 7.16. The van der Waals surface area contributed by atoms with Gasteiger partial charge in [0.1, 0.15) is 0 Å². The second-order valence-corrected chi connectivity index (χ2v) is 5.83. The van der Waals surface area contributed by atoms with E-state index in [9.17, 15) is 4.79 Å². The number of nitrogens with zero attached hydrogens (tertiary/aromatic N) is 2. The Balaban J connectivity index is 1.89. The summed E-state index contributed by atoms with van der Waals surface area (Å²) in [6, 6.07) is 8.12. The van der Waals surface area contributed by atoms with Gasteiger partial charge in [-0.3, -0.25) is 4.79 Å². The average molecular weight is 261 g/mol. The van der Waals surface area contributed by atoms with Crippen LogP contribution in [0.5, 0.6) is 0 Å². The maximum atomic E-state index is 11.7. The molecule has 94 valence electrons. The topological polar surface area (TPSA) is 46.4 Å². The van der Waals surface area contributed by atoms with Gasteiger partial charge in [-0.05, 0) is 24.5 Å². The highest BCUT2D eigenvalue weighted by Crippen LogP contribution is 2.37. The molecule has 3 rings (SSSR count). The molecule has 0 aliphatic heterocycles. The Labute approximate surface area is 109 Å². The summed E-state index contributed by atoms with van der Waals surface area (Å²) in [6.45, 7) is 2.09. The highest BCUT2D eigenvalue weighted by Gasteiger charge is 2.39. The van der Waals surface area contributed by atoms with Gasteiger partial charge >= 0.3 is 0 Å². The van der Waals surface area contributed by atoms with E-state index >= 15 is 0 Å². The van der Waals surface area contributed by atoms with Crippen molar-refractivity contribution in [3.8, 4) is 0 Å². The molecule has 2 aromatic rings. The molecule has 0 bridgehead atoms. The zero-order valence-electron chi connectivity index (χ0n) is 10.4. The van der Waals surface area contributed by atoms with Crippen LogP contribution in [0, 0.1) is 11.8 Å². The number of amides is 1. The van der Waals surface area contributed by atoms with Gasteiger partial charge in [-0.1, -0.05) is 30.4 Å². The second kappa shape index (κ2) is 4.24. The molecule has 4 nitrogen and oxygen atoms in total. The van der Waals surface area contributed by atoms with Gasteiger partial charge in [-0.2, -0.15) is 0 Å². The molecule has 1 heterocycles. The molecular formula is C13H15N3OS. The quantitative estimate of drug-likeness (QED) is 0.824. The van der Waals surface area contributed by atoms with Gasteiger partial charge < -0.3 is 4.57 Å². The first-order valence-electron chi connectivity index (χ1n) is 6.05. The fraction of sp³-hybridized carbons (Fsp3) is 0.385. The number of carbonyl (C=O) groups excluding carboxylic acids is 1. The summed E-state index contributed by atoms with van der Waals surface area (Å²) in [5.74, 6) is 0.713. The number of fused-ring (bicyclic) bond motifs is 1. The third-order valence-electron chi connectivity index (χ3n) is 3.42. The van der Waals surface area contributed by atoms with Gasteiger partial charge in [-0.15, -0.1) is 5.10 Å². The molecule has 1 fully saturated rings. The van der Waals surface area contributed by atoms with Crippen molar-refractivity contribution in [2.75, 3.05) is 0 Å². The van der Waals surface area contributed by atoms with Crippen LogP contribution in [0.1, 0.15) is 13.3 Å². The number of benzene rings is 1. The molecule has 1 amide bonds. The Bertz CT molecular complexity index is 670. The summed E-state index contributed by atoms with van der Waals surface area (Å²) in [4.78, 5) is 12.5. The lowest BCUT2D eigenvalue weighted by atomic mass is 10.3. The first-order chi connectivity index (χ1) is 8.66. The average Bonchev–Trinajstić information content (AvgIpc) is 3.02. The van der Waals surface area contributed by atoms with E-state index in [4.69, 9.17) is 0 Å². The summed E-state index contributed by atoms with van der Waals surface area (Å²) >= 11 is 1.58. The number of para-hydroxylation sites is 1. The Morgan fingerprint density at radius 1 is 1.50 bits per heavy atom. The molecule has 18 heavy (non-hydrogen) atoms. The van der Waals surface area contributed by atoms with Crippen LogP contribution in [0.25, 0.3) is 10.2 Å². The molecule has 1 aromatic carbocycles. The molecule has 0 spiro atoms. The first-order valence-corrected chi connectivity index (χ1v) is 6.86. The molecular weight excluding hydrogens is 246 g/mol. The van der Waals surface area contributed by atoms with Crippen LogP contribution in [0.4, 0.5) is 0 Å². The van der Waals surface area contributed by atoms with Crippen LogP contribution < -0.4 is 10.2 Å². The first kappa shape index (κ1) is 11.5. The fourth-order valence-electron chi connectivity index (χ4n) is 2.06. The smallest absolute Gasteiger partial charge is 0.243 e. The molecule has 1 aromatic heterocycles. The monoisotopic (exact) mass is 261 g/mol. The number of rotatable bonds is 2. The number of nitrogens with one attached hydrogen (secondary N) is 1. The van der Waals surface area contributed by atoms with E-state index in [1.165, 1.54) is 4.70 Å². The van der Waals surface area contributed by atoms with E-state index in [0.29, 0.717) is 5.92 Å². The number of carbonyl (C=O) groups is 1. The zero-order valence-corrected chi connectivity index (χ0v) is 11.2. The second-order valence-electron chi connectivity index (χ2n) is 4.82. The minimum Gasteiger partial charge on any atom is -0.318 e. The molecule has 1 aliphatic rings. The van der Waals surface area contributed by atoms with Crippen LogP contribution in [-0.4, -0.2) is 10.5 Å². The van der Waals surface area contributed by atoms with Crippen molar-refractivity contribution in [3.63, 3.8) is 0 Å². The Hall–Kier alpha value is -1.62. The van der Waals surface area contributed by atoms with Gasteiger partial charge in [0.15, 0.2) is 0 Å². The van der Waals surface area contributed by atoms with Gasteiger partial charge in [-0.25, -0.2) is 5.43 Å². The molecule has 2 atom stereocenters. The zero-order chi connectivity index (χ0) is 12.7. The van der Waals surface area contributed by atoms with Crippen molar-refractivity contribution in [3.05, 3.63) is 29.1 Å². The van der Waals surface area contributed by atoms with E-state index in [1.807, 2.05) is 23.7 Å². The summed E-state index contributed by atoms with van der Waals surface area (Å²) in [6.07, 6.45) is 0.986. The van der Waals surface area contributed by atoms with Gasteiger partial charge in [0.25, 0.3) is 0 Å². The maximum absolute atomic E-state index is 11.7. The van der Waals surface area contributed by atoms with Gasteiger partial charge in [0.05, 0.1) is 10.2 Å². The Kier molecular flexibility index (Phi) is 2.70. The Morgan fingerprint density at radius 2 is 2.22 bits per heavy atom.